The summed E-state index contributed by atoms with van der Waals surface area (Å²) >= 11 is 0. The van der Waals surface area contributed by atoms with Crippen LogP contribution in [-0.4, -0.2) is 21.9 Å². The Kier molecular flexibility index (Phi) is 4.00. The summed E-state index contributed by atoms with van der Waals surface area (Å²) in [5, 5.41) is 28.9. The Morgan fingerprint density at radius 2 is 1.20 bits per heavy atom. The number of hydrogen-bond donors (Lipinski definition) is 3. The summed E-state index contributed by atoms with van der Waals surface area (Å²) in [5.41, 5.74) is 5.17. The molecule has 3 N–H and O–H groups in total. The highest BCUT2D eigenvalue weighted by atomic mass is 16.3. The van der Waals surface area contributed by atoms with E-state index in [1.165, 1.54) is 0 Å². The SMILES string of the molecule is Cc1cc(-c2cc(C)c(O)c(CCO)c2)cc(C)c1O. The summed E-state index contributed by atoms with van der Waals surface area (Å²) in [6, 6.07) is 7.67. The van der Waals surface area contributed by atoms with Crippen LogP contribution in [0.25, 0.3) is 11.1 Å². The average molecular weight is 272 g/mol. The first-order valence-corrected chi connectivity index (χ1v) is 6.68. The molecule has 2 rings (SSSR count). The molecule has 0 unspecified atom stereocenters. The molecule has 0 aromatic heterocycles. The number of phenols is 2. The molecular weight excluding hydrogens is 252 g/mol. The monoisotopic (exact) mass is 272 g/mol. The maximum atomic E-state index is 10.0. The Balaban J connectivity index is 2.58. The lowest BCUT2D eigenvalue weighted by atomic mass is 9.95. The predicted octanol–water partition coefficient (Wildman–Crippen LogP) is 3.22. The Bertz CT molecular complexity index is 622. The molecule has 2 aromatic rings. The smallest absolute Gasteiger partial charge is 0.121 e. The van der Waals surface area contributed by atoms with Gasteiger partial charge in [0.2, 0.25) is 0 Å². The van der Waals surface area contributed by atoms with Gasteiger partial charge in [-0.2, -0.15) is 0 Å². The molecule has 0 radical (unpaired) electrons. The van der Waals surface area contributed by atoms with Crippen molar-refractivity contribution in [3.8, 4) is 22.6 Å². The van der Waals surface area contributed by atoms with Crippen LogP contribution in [0.4, 0.5) is 0 Å². The molecular formula is C17H20O3. The molecule has 0 saturated carbocycles. The summed E-state index contributed by atoms with van der Waals surface area (Å²) in [4.78, 5) is 0. The van der Waals surface area contributed by atoms with E-state index in [0.717, 1.165) is 33.4 Å². The second-order valence-corrected chi connectivity index (χ2v) is 5.23. The minimum atomic E-state index is 0.00405. The van der Waals surface area contributed by atoms with Crippen LogP contribution in [0.15, 0.2) is 24.3 Å². The van der Waals surface area contributed by atoms with Gasteiger partial charge in [-0.05, 0) is 84.8 Å². The van der Waals surface area contributed by atoms with Gasteiger partial charge in [0, 0.05) is 6.61 Å². The third-order valence-electron chi connectivity index (χ3n) is 3.58. The average Bonchev–Trinajstić information content (AvgIpc) is 2.40. The van der Waals surface area contributed by atoms with Gasteiger partial charge in [-0.25, -0.2) is 0 Å². The Labute approximate surface area is 119 Å². The van der Waals surface area contributed by atoms with Gasteiger partial charge in [-0.15, -0.1) is 0 Å². The molecule has 2 aromatic carbocycles. The number of aromatic hydroxyl groups is 2. The standard InChI is InChI=1S/C17H20O3/c1-10-6-14(7-11(2)16(10)19)15-8-12(3)17(20)13(9-15)4-5-18/h6-9,18-20H,4-5H2,1-3H3. The molecule has 0 aliphatic rings. The van der Waals surface area contributed by atoms with Gasteiger partial charge >= 0.3 is 0 Å². The molecule has 0 aliphatic carbocycles. The highest BCUT2D eigenvalue weighted by Crippen LogP contribution is 2.33. The van der Waals surface area contributed by atoms with Crippen LogP contribution in [0.5, 0.6) is 11.5 Å². The highest BCUT2D eigenvalue weighted by molar-refractivity contribution is 5.70. The fourth-order valence-corrected chi connectivity index (χ4v) is 2.45. The van der Waals surface area contributed by atoms with Crippen LogP contribution in [0.1, 0.15) is 22.3 Å². The van der Waals surface area contributed by atoms with Gasteiger partial charge in [-0.1, -0.05) is 0 Å². The van der Waals surface area contributed by atoms with Crippen LogP contribution in [0, 0.1) is 20.8 Å². The molecule has 3 heteroatoms. The third kappa shape index (κ3) is 2.63. The van der Waals surface area contributed by atoms with E-state index in [2.05, 4.69) is 0 Å². The van der Waals surface area contributed by atoms with Crippen molar-refractivity contribution in [3.63, 3.8) is 0 Å². The molecule has 0 bridgehead atoms. The summed E-state index contributed by atoms with van der Waals surface area (Å²) in [7, 11) is 0. The third-order valence-corrected chi connectivity index (χ3v) is 3.58. The number of aliphatic hydroxyl groups is 1. The number of rotatable bonds is 3. The first-order valence-electron chi connectivity index (χ1n) is 6.68. The van der Waals surface area contributed by atoms with Crippen molar-refractivity contribution in [1.29, 1.82) is 0 Å². The zero-order valence-electron chi connectivity index (χ0n) is 12.1. The van der Waals surface area contributed by atoms with Gasteiger partial charge in [0.1, 0.15) is 11.5 Å². The lowest BCUT2D eigenvalue weighted by Gasteiger charge is -2.12. The zero-order chi connectivity index (χ0) is 14.9. The van der Waals surface area contributed by atoms with Gasteiger partial charge < -0.3 is 15.3 Å². The number of aryl methyl sites for hydroxylation is 3. The highest BCUT2D eigenvalue weighted by Gasteiger charge is 2.10. The van der Waals surface area contributed by atoms with Crippen molar-refractivity contribution >= 4 is 0 Å². The quantitative estimate of drug-likeness (QED) is 0.804. The summed E-state index contributed by atoms with van der Waals surface area (Å²) in [6.45, 7) is 5.59. The molecule has 0 spiro atoms. The second kappa shape index (κ2) is 5.55. The van der Waals surface area contributed by atoms with E-state index in [1.807, 2.05) is 45.0 Å². The first-order chi connectivity index (χ1) is 9.43. The lowest BCUT2D eigenvalue weighted by Crippen LogP contribution is -1.94. The predicted molar refractivity (Wildman–Crippen MR) is 80.2 cm³/mol. The Morgan fingerprint density at radius 3 is 1.70 bits per heavy atom. The van der Waals surface area contributed by atoms with E-state index in [9.17, 15) is 10.2 Å². The van der Waals surface area contributed by atoms with Crippen LogP contribution in [0.2, 0.25) is 0 Å². The number of phenolic OH excluding ortho intramolecular Hbond substituents is 2. The van der Waals surface area contributed by atoms with E-state index in [-0.39, 0.29) is 12.4 Å². The number of benzene rings is 2. The molecule has 0 saturated heterocycles. The van der Waals surface area contributed by atoms with Crippen molar-refractivity contribution in [1.82, 2.24) is 0 Å². The summed E-state index contributed by atoms with van der Waals surface area (Å²) in [5.74, 6) is 0.565. The molecule has 20 heavy (non-hydrogen) atoms. The largest absolute Gasteiger partial charge is 0.507 e. The minimum Gasteiger partial charge on any atom is -0.507 e. The van der Waals surface area contributed by atoms with E-state index in [1.54, 1.807) is 0 Å². The maximum absolute atomic E-state index is 10.0. The first kappa shape index (κ1) is 14.4. The van der Waals surface area contributed by atoms with Gasteiger partial charge in [0.05, 0.1) is 0 Å². The molecule has 0 aliphatic heterocycles. The van der Waals surface area contributed by atoms with E-state index in [0.29, 0.717) is 12.2 Å². The number of aliphatic hydroxyl groups excluding tert-OH is 1. The summed E-state index contributed by atoms with van der Waals surface area (Å²) in [6.07, 6.45) is 0.427. The molecule has 0 atom stereocenters. The second-order valence-electron chi connectivity index (χ2n) is 5.23. The Hall–Kier alpha value is -2.00. The van der Waals surface area contributed by atoms with Crippen LogP contribution in [-0.2, 0) is 6.42 Å². The molecule has 0 amide bonds. The van der Waals surface area contributed by atoms with E-state index >= 15 is 0 Å². The van der Waals surface area contributed by atoms with Crippen molar-refractivity contribution in [3.05, 3.63) is 46.5 Å². The molecule has 0 fully saturated rings. The van der Waals surface area contributed by atoms with Crippen molar-refractivity contribution in [2.45, 2.75) is 27.2 Å². The van der Waals surface area contributed by atoms with Crippen molar-refractivity contribution in [2.75, 3.05) is 6.61 Å². The van der Waals surface area contributed by atoms with E-state index < -0.39 is 0 Å². The molecule has 3 nitrogen and oxygen atoms in total. The van der Waals surface area contributed by atoms with E-state index in [4.69, 9.17) is 5.11 Å². The van der Waals surface area contributed by atoms with Crippen LogP contribution < -0.4 is 0 Å². The van der Waals surface area contributed by atoms with Crippen LogP contribution >= 0.6 is 0 Å². The summed E-state index contributed by atoms with van der Waals surface area (Å²) < 4.78 is 0. The topological polar surface area (TPSA) is 60.7 Å². The van der Waals surface area contributed by atoms with Gasteiger partial charge in [0.15, 0.2) is 0 Å². The zero-order valence-corrected chi connectivity index (χ0v) is 12.1. The van der Waals surface area contributed by atoms with Gasteiger partial charge in [-0.3, -0.25) is 0 Å². The molecule has 0 heterocycles. The maximum Gasteiger partial charge on any atom is 0.121 e. The fourth-order valence-electron chi connectivity index (χ4n) is 2.45. The van der Waals surface area contributed by atoms with Crippen molar-refractivity contribution in [2.24, 2.45) is 0 Å². The van der Waals surface area contributed by atoms with Gasteiger partial charge in [0.25, 0.3) is 0 Å². The Morgan fingerprint density at radius 1 is 0.750 bits per heavy atom. The minimum absolute atomic E-state index is 0.00405. The van der Waals surface area contributed by atoms with Crippen molar-refractivity contribution < 1.29 is 15.3 Å². The van der Waals surface area contributed by atoms with Crippen LogP contribution in [0.3, 0.4) is 0 Å². The molecule has 106 valence electrons. The lowest BCUT2D eigenvalue weighted by molar-refractivity contribution is 0.297. The fraction of sp³-hybridized carbons (Fsp3) is 0.294. The number of hydrogen-bond acceptors (Lipinski definition) is 3. The normalized spacial score (nSPS) is 10.8.